The lowest BCUT2D eigenvalue weighted by Crippen LogP contribution is -2.39. The van der Waals surface area contributed by atoms with Crippen molar-refractivity contribution in [2.75, 3.05) is 20.2 Å². The molecule has 1 aromatic carbocycles. The van der Waals surface area contributed by atoms with E-state index < -0.39 is 0 Å². The van der Waals surface area contributed by atoms with Crippen molar-refractivity contribution in [3.8, 4) is 17.1 Å². The Hall–Kier alpha value is -3.29. The average Bonchev–Trinajstić information content (AvgIpc) is 3.32. The standard InChI is InChI=1S/C23H27N5O3/c1-3-20-26-23(27-31-20)19-13-24-15-25-22(19)17-5-4-12-28(14-17)21(29)11-8-16-6-9-18(30-2)10-7-16/h6-7,9-10,13,15,17H,3-5,8,11-12,14H2,1-2H3/t17-/m1/s1. The van der Waals surface area contributed by atoms with Crippen LogP contribution in [0.15, 0.2) is 41.3 Å². The lowest BCUT2D eigenvalue weighted by molar-refractivity contribution is -0.132. The molecule has 0 bridgehead atoms. The summed E-state index contributed by atoms with van der Waals surface area (Å²) in [5, 5.41) is 4.09. The molecule has 3 aromatic rings. The fraction of sp³-hybridized carbons (Fsp3) is 0.435. The van der Waals surface area contributed by atoms with E-state index in [0.717, 1.165) is 42.0 Å². The molecule has 8 nitrogen and oxygen atoms in total. The van der Waals surface area contributed by atoms with Crippen molar-refractivity contribution < 1.29 is 14.1 Å². The molecule has 0 unspecified atom stereocenters. The molecule has 0 saturated carbocycles. The third kappa shape index (κ3) is 4.90. The number of rotatable bonds is 7. The molecule has 1 fully saturated rings. The number of ether oxygens (including phenoxy) is 1. The number of carbonyl (C=O) groups is 1. The third-order valence-corrected chi connectivity index (χ3v) is 5.70. The Morgan fingerprint density at radius 3 is 2.87 bits per heavy atom. The highest BCUT2D eigenvalue weighted by Crippen LogP contribution is 2.31. The third-order valence-electron chi connectivity index (χ3n) is 5.70. The van der Waals surface area contributed by atoms with Gasteiger partial charge in [-0.1, -0.05) is 24.2 Å². The summed E-state index contributed by atoms with van der Waals surface area (Å²) in [6, 6.07) is 7.87. The first kappa shape index (κ1) is 21.0. The first-order chi connectivity index (χ1) is 15.2. The Bertz CT molecular complexity index is 1020. The van der Waals surface area contributed by atoms with Gasteiger partial charge in [-0.3, -0.25) is 4.79 Å². The van der Waals surface area contributed by atoms with Crippen molar-refractivity contribution in [3.05, 3.63) is 53.9 Å². The first-order valence-corrected chi connectivity index (χ1v) is 10.7. The smallest absolute Gasteiger partial charge is 0.226 e. The van der Waals surface area contributed by atoms with Gasteiger partial charge >= 0.3 is 0 Å². The van der Waals surface area contributed by atoms with E-state index in [1.54, 1.807) is 19.6 Å². The molecule has 3 heterocycles. The molecule has 1 amide bonds. The molecular formula is C23H27N5O3. The molecule has 0 N–H and O–H groups in total. The number of aryl methyl sites for hydroxylation is 2. The largest absolute Gasteiger partial charge is 0.497 e. The summed E-state index contributed by atoms with van der Waals surface area (Å²) < 4.78 is 10.5. The number of nitrogens with zero attached hydrogens (tertiary/aromatic N) is 5. The maximum absolute atomic E-state index is 12.9. The van der Waals surface area contributed by atoms with Gasteiger partial charge in [0.05, 0.1) is 18.4 Å². The molecule has 31 heavy (non-hydrogen) atoms. The van der Waals surface area contributed by atoms with E-state index in [4.69, 9.17) is 9.26 Å². The zero-order valence-corrected chi connectivity index (χ0v) is 18.0. The summed E-state index contributed by atoms with van der Waals surface area (Å²) in [5.41, 5.74) is 2.79. The molecule has 2 aromatic heterocycles. The maximum Gasteiger partial charge on any atom is 0.226 e. The van der Waals surface area contributed by atoms with E-state index in [0.29, 0.717) is 37.5 Å². The first-order valence-electron chi connectivity index (χ1n) is 10.7. The van der Waals surface area contributed by atoms with E-state index in [1.165, 1.54) is 0 Å². The molecule has 0 aliphatic carbocycles. The minimum atomic E-state index is 0.125. The van der Waals surface area contributed by atoms with E-state index in [2.05, 4.69) is 20.1 Å². The van der Waals surface area contributed by atoms with Crippen molar-refractivity contribution in [3.63, 3.8) is 0 Å². The highest BCUT2D eigenvalue weighted by atomic mass is 16.5. The number of amides is 1. The Morgan fingerprint density at radius 1 is 1.29 bits per heavy atom. The summed E-state index contributed by atoms with van der Waals surface area (Å²) >= 11 is 0. The fourth-order valence-electron chi connectivity index (χ4n) is 3.97. The molecule has 1 atom stereocenters. The second kappa shape index (κ2) is 9.68. The molecular weight excluding hydrogens is 394 g/mol. The van der Waals surface area contributed by atoms with Gasteiger partial charge in [-0.25, -0.2) is 9.97 Å². The van der Waals surface area contributed by atoms with E-state index in [9.17, 15) is 4.79 Å². The van der Waals surface area contributed by atoms with Crippen molar-refractivity contribution in [1.82, 2.24) is 25.0 Å². The van der Waals surface area contributed by atoms with Gasteiger partial charge in [0, 0.05) is 38.0 Å². The van der Waals surface area contributed by atoms with Gasteiger partial charge < -0.3 is 14.2 Å². The molecule has 1 aliphatic heterocycles. The van der Waals surface area contributed by atoms with Crippen LogP contribution < -0.4 is 4.74 Å². The topological polar surface area (TPSA) is 94.2 Å². The second-order valence-electron chi connectivity index (χ2n) is 7.71. The summed E-state index contributed by atoms with van der Waals surface area (Å²) in [6.07, 6.45) is 7.06. The van der Waals surface area contributed by atoms with Crippen molar-refractivity contribution in [2.45, 2.75) is 44.9 Å². The fourth-order valence-corrected chi connectivity index (χ4v) is 3.97. The monoisotopic (exact) mass is 421 g/mol. The van der Waals surface area contributed by atoms with Crippen LogP contribution in [0.4, 0.5) is 0 Å². The molecule has 8 heteroatoms. The number of hydrogen-bond acceptors (Lipinski definition) is 7. The zero-order chi connectivity index (χ0) is 21.6. The summed E-state index contributed by atoms with van der Waals surface area (Å²) in [6.45, 7) is 3.39. The zero-order valence-electron chi connectivity index (χ0n) is 18.0. The lowest BCUT2D eigenvalue weighted by Gasteiger charge is -2.33. The van der Waals surface area contributed by atoms with Crippen LogP contribution in [-0.2, 0) is 17.6 Å². The van der Waals surface area contributed by atoms with Crippen LogP contribution in [0.1, 0.15) is 49.3 Å². The van der Waals surface area contributed by atoms with Gasteiger partial charge in [0.15, 0.2) is 0 Å². The van der Waals surface area contributed by atoms with Crippen molar-refractivity contribution in [2.24, 2.45) is 0 Å². The van der Waals surface area contributed by atoms with Crippen molar-refractivity contribution in [1.29, 1.82) is 0 Å². The summed E-state index contributed by atoms with van der Waals surface area (Å²) in [7, 11) is 1.65. The van der Waals surface area contributed by atoms with Gasteiger partial charge in [-0.2, -0.15) is 4.98 Å². The van der Waals surface area contributed by atoms with Crippen LogP contribution >= 0.6 is 0 Å². The van der Waals surface area contributed by atoms with Crippen LogP contribution in [0.3, 0.4) is 0 Å². The Balaban J connectivity index is 1.43. The van der Waals surface area contributed by atoms with Crippen LogP contribution in [0.25, 0.3) is 11.4 Å². The second-order valence-corrected chi connectivity index (χ2v) is 7.71. The number of likely N-dealkylation sites (tertiary alicyclic amines) is 1. The summed E-state index contributed by atoms with van der Waals surface area (Å²) in [4.78, 5) is 28.0. The van der Waals surface area contributed by atoms with Gasteiger partial charge in [0.1, 0.15) is 12.1 Å². The molecule has 0 radical (unpaired) electrons. The van der Waals surface area contributed by atoms with Crippen LogP contribution in [0.5, 0.6) is 5.75 Å². The van der Waals surface area contributed by atoms with Gasteiger partial charge in [0.25, 0.3) is 0 Å². The van der Waals surface area contributed by atoms with Gasteiger partial charge in [0.2, 0.25) is 17.6 Å². The van der Waals surface area contributed by atoms with Crippen molar-refractivity contribution >= 4 is 5.91 Å². The van der Waals surface area contributed by atoms with Crippen LogP contribution in [0, 0.1) is 0 Å². The van der Waals surface area contributed by atoms with Gasteiger partial charge in [-0.05, 0) is 37.0 Å². The summed E-state index contributed by atoms with van der Waals surface area (Å²) in [5.74, 6) is 2.21. The lowest BCUT2D eigenvalue weighted by atomic mass is 9.91. The molecule has 1 saturated heterocycles. The Labute approximate surface area is 181 Å². The molecule has 1 aliphatic rings. The van der Waals surface area contributed by atoms with Crippen LogP contribution in [-0.4, -0.2) is 51.1 Å². The predicted octanol–water partition coefficient (Wildman–Crippen LogP) is 3.44. The Kier molecular flexibility index (Phi) is 6.54. The van der Waals surface area contributed by atoms with E-state index >= 15 is 0 Å². The number of piperidine rings is 1. The highest BCUT2D eigenvalue weighted by molar-refractivity contribution is 5.76. The molecule has 4 rings (SSSR count). The van der Waals surface area contributed by atoms with Gasteiger partial charge in [-0.15, -0.1) is 0 Å². The van der Waals surface area contributed by atoms with Crippen LogP contribution in [0.2, 0.25) is 0 Å². The minimum absolute atomic E-state index is 0.125. The number of hydrogen-bond donors (Lipinski definition) is 0. The Morgan fingerprint density at radius 2 is 2.13 bits per heavy atom. The highest BCUT2D eigenvalue weighted by Gasteiger charge is 2.28. The number of aromatic nitrogens is 4. The quantitative estimate of drug-likeness (QED) is 0.577. The normalized spacial score (nSPS) is 16.3. The minimum Gasteiger partial charge on any atom is -0.497 e. The van der Waals surface area contributed by atoms with E-state index in [1.807, 2.05) is 36.1 Å². The average molecular weight is 422 g/mol. The van der Waals surface area contributed by atoms with E-state index in [-0.39, 0.29) is 11.8 Å². The number of carbonyl (C=O) groups excluding carboxylic acids is 1. The predicted molar refractivity (Wildman–Crippen MR) is 115 cm³/mol. The molecule has 0 spiro atoms. The molecule has 162 valence electrons. The SMILES string of the molecule is CCc1nc(-c2cncnc2[C@@H]2CCCN(C(=O)CCc3ccc(OC)cc3)C2)no1. The number of benzene rings is 1. The number of methoxy groups -OCH3 is 1. The maximum atomic E-state index is 12.9.